The number of carboxylic acids is 1. The van der Waals surface area contributed by atoms with Crippen LogP contribution in [0, 0.1) is 5.82 Å². The Kier molecular flexibility index (Phi) is 5.55. The van der Waals surface area contributed by atoms with Crippen LogP contribution in [0.25, 0.3) is 28.0 Å². The average molecular weight is 468 g/mol. The first-order valence-electron chi connectivity index (χ1n) is 10.1. The van der Waals surface area contributed by atoms with Gasteiger partial charge in [0.2, 0.25) is 10.0 Å². The molecule has 7 nitrogen and oxygen atoms in total. The van der Waals surface area contributed by atoms with Crippen LogP contribution in [-0.4, -0.2) is 34.4 Å². The average Bonchev–Trinajstić information content (AvgIpc) is 3.15. The maximum Gasteiger partial charge on any atom is 0.352 e. The van der Waals surface area contributed by atoms with Gasteiger partial charge >= 0.3 is 5.97 Å². The van der Waals surface area contributed by atoms with Gasteiger partial charge in [-0.05, 0) is 56.7 Å². The summed E-state index contributed by atoms with van der Waals surface area (Å²) in [5, 5.41) is 9.37. The molecule has 0 bridgehead atoms. The number of carbonyl (C=O) groups is 1. The zero-order valence-corrected chi connectivity index (χ0v) is 19.0. The number of halogens is 1. The second-order valence-corrected chi connectivity index (χ2v) is 10.3. The van der Waals surface area contributed by atoms with E-state index in [0.717, 1.165) is 0 Å². The van der Waals surface area contributed by atoms with E-state index >= 15 is 4.39 Å². The zero-order chi connectivity index (χ0) is 24.0. The fraction of sp³-hybridized carbons (Fsp3) is 0.167. The Hall–Kier alpha value is -3.56. The predicted octanol–water partition coefficient (Wildman–Crippen LogP) is 4.58. The van der Waals surface area contributed by atoms with Crippen LogP contribution in [0.5, 0.6) is 0 Å². The third-order valence-electron chi connectivity index (χ3n) is 4.88. The Morgan fingerprint density at radius 2 is 1.76 bits per heavy atom. The van der Waals surface area contributed by atoms with Gasteiger partial charge in [-0.1, -0.05) is 30.3 Å². The van der Waals surface area contributed by atoms with Gasteiger partial charge in [0.05, 0.1) is 10.6 Å². The molecular formula is C24H22FN3O4S. The highest BCUT2D eigenvalue weighted by Gasteiger charge is 2.25. The molecule has 33 heavy (non-hydrogen) atoms. The molecule has 2 heterocycles. The number of benzene rings is 2. The van der Waals surface area contributed by atoms with Crippen molar-refractivity contribution in [2.75, 3.05) is 0 Å². The van der Waals surface area contributed by atoms with Crippen LogP contribution in [0.2, 0.25) is 0 Å². The first-order valence-corrected chi connectivity index (χ1v) is 11.6. The fourth-order valence-electron chi connectivity index (χ4n) is 3.60. The molecular weight excluding hydrogens is 445 g/mol. The molecule has 4 rings (SSSR count). The Balaban J connectivity index is 1.78. The van der Waals surface area contributed by atoms with Gasteiger partial charge in [0, 0.05) is 22.9 Å². The summed E-state index contributed by atoms with van der Waals surface area (Å²) in [5.41, 5.74) is 0.893. The van der Waals surface area contributed by atoms with Crippen LogP contribution >= 0.6 is 0 Å². The highest BCUT2D eigenvalue weighted by atomic mass is 32.2. The van der Waals surface area contributed by atoms with Gasteiger partial charge in [-0.3, -0.25) is 4.40 Å². The van der Waals surface area contributed by atoms with E-state index in [1.54, 1.807) is 57.2 Å². The van der Waals surface area contributed by atoms with Gasteiger partial charge in [0.25, 0.3) is 0 Å². The third kappa shape index (κ3) is 4.50. The van der Waals surface area contributed by atoms with E-state index in [-0.39, 0.29) is 21.8 Å². The fourth-order valence-corrected chi connectivity index (χ4v) is 5.25. The number of rotatable bonds is 5. The second kappa shape index (κ2) is 8.09. The van der Waals surface area contributed by atoms with Gasteiger partial charge in [0.1, 0.15) is 17.2 Å². The SMILES string of the molecule is CC(C)(C)NS(=O)(=O)c1ccccc1-c1ccc(-c2cn3c(C(=O)O)cccc3n2)c(F)c1. The molecule has 0 atom stereocenters. The first-order chi connectivity index (χ1) is 15.5. The Morgan fingerprint density at radius 1 is 1.03 bits per heavy atom. The molecule has 0 unspecified atom stereocenters. The summed E-state index contributed by atoms with van der Waals surface area (Å²) in [5.74, 6) is -1.73. The molecule has 170 valence electrons. The quantitative estimate of drug-likeness (QED) is 0.447. The van der Waals surface area contributed by atoms with Crippen molar-refractivity contribution in [3.63, 3.8) is 0 Å². The number of fused-ring (bicyclic) bond motifs is 1. The van der Waals surface area contributed by atoms with E-state index in [4.69, 9.17) is 0 Å². The lowest BCUT2D eigenvalue weighted by atomic mass is 10.0. The summed E-state index contributed by atoms with van der Waals surface area (Å²) in [4.78, 5) is 15.8. The number of pyridine rings is 1. The standard InChI is InChI=1S/C24H22FN3O4S/c1-24(2,3)27-33(31,32)21-9-5-4-7-16(21)15-11-12-17(18(25)13-15)19-14-28-20(23(29)30)8-6-10-22(28)26-19/h4-14,27H,1-3H3,(H,29,30). The van der Waals surface area contributed by atoms with Crippen LogP contribution in [0.4, 0.5) is 4.39 Å². The van der Waals surface area contributed by atoms with Crippen molar-refractivity contribution in [1.29, 1.82) is 0 Å². The summed E-state index contributed by atoms with van der Waals surface area (Å²) >= 11 is 0. The smallest absolute Gasteiger partial charge is 0.352 e. The Bertz CT molecular complexity index is 1490. The first kappa shape index (κ1) is 22.6. The van der Waals surface area contributed by atoms with Crippen molar-refractivity contribution in [1.82, 2.24) is 14.1 Å². The lowest BCUT2D eigenvalue weighted by Gasteiger charge is -2.21. The largest absolute Gasteiger partial charge is 0.477 e. The molecule has 0 aliphatic carbocycles. The third-order valence-corrected chi connectivity index (χ3v) is 6.70. The Morgan fingerprint density at radius 3 is 2.42 bits per heavy atom. The summed E-state index contributed by atoms with van der Waals surface area (Å²) in [6.07, 6.45) is 1.46. The van der Waals surface area contributed by atoms with E-state index < -0.39 is 27.3 Å². The lowest BCUT2D eigenvalue weighted by Crippen LogP contribution is -2.40. The van der Waals surface area contributed by atoms with Gasteiger partial charge in [0.15, 0.2) is 0 Å². The number of nitrogens with zero attached hydrogens (tertiary/aromatic N) is 2. The number of nitrogens with one attached hydrogen (secondary N) is 1. The van der Waals surface area contributed by atoms with E-state index in [9.17, 15) is 18.3 Å². The minimum absolute atomic E-state index is 0.00811. The summed E-state index contributed by atoms with van der Waals surface area (Å²) < 4.78 is 45.1. The van der Waals surface area contributed by atoms with E-state index in [1.807, 2.05) is 0 Å². The van der Waals surface area contributed by atoms with Gasteiger partial charge < -0.3 is 5.11 Å². The topological polar surface area (TPSA) is 101 Å². The highest BCUT2D eigenvalue weighted by Crippen LogP contribution is 2.32. The number of hydrogen-bond donors (Lipinski definition) is 2. The van der Waals surface area contributed by atoms with Crippen molar-refractivity contribution >= 4 is 21.6 Å². The number of carboxylic acid groups (broad SMARTS) is 1. The second-order valence-electron chi connectivity index (χ2n) is 8.62. The van der Waals surface area contributed by atoms with Crippen molar-refractivity contribution in [3.05, 3.63) is 78.4 Å². The Labute approximate surface area is 190 Å². The number of imidazole rings is 1. The summed E-state index contributed by atoms with van der Waals surface area (Å²) in [6, 6.07) is 15.4. The van der Waals surface area contributed by atoms with Crippen molar-refractivity contribution in [3.8, 4) is 22.4 Å². The lowest BCUT2D eigenvalue weighted by molar-refractivity contribution is 0.0689. The van der Waals surface area contributed by atoms with E-state index in [0.29, 0.717) is 16.8 Å². The molecule has 0 saturated carbocycles. The van der Waals surface area contributed by atoms with Crippen molar-refractivity contribution in [2.45, 2.75) is 31.2 Å². The number of aromatic nitrogens is 2. The van der Waals surface area contributed by atoms with Crippen LogP contribution in [0.15, 0.2) is 71.8 Å². The molecule has 2 N–H and O–H groups in total. The normalized spacial score (nSPS) is 12.2. The van der Waals surface area contributed by atoms with E-state index in [2.05, 4.69) is 9.71 Å². The maximum absolute atomic E-state index is 15.2. The number of sulfonamides is 1. The number of aromatic carboxylic acids is 1. The minimum atomic E-state index is -3.85. The van der Waals surface area contributed by atoms with Crippen molar-refractivity contribution in [2.24, 2.45) is 0 Å². The molecule has 0 saturated heterocycles. The maximum atomic E-state index is 15.2. The van der Waals surface area contributed by atoms with Gasteiger partial charge in [-0.2, -0.15) is 0 Å². The molecule has 0 aliphatic rings. The van der Waals surface area contributed by atoms with Crippen LogP contribution in [-0.2, 0) is 10.0 Å². The highest BCUT2D eigenvalue weighted by molar-refractivity contribution is 7.89. The molecule has 0 amide bonds. The predicted molar refractivity (Wildman–Crippen MR) is 123 cm³/mol. The van der Waals surface area contributed by atoms with Gasteiger partial charge in [-0.15, -0.1) is 0 Å². The van der Waals surface area contributed by atoms with Crippen LogP contribution in [0.3, 0.4) is 0 Å². The minimum Gasteiger partial charge on any atom is -0.477 e. The molecule has 4 aromatic rings. The number of hydrogen-bond acceptors (Lipinski definition) is 4. The molecule has 2 aromatic heterocycles. The molecule has 0 fully saturated rings. The van der Waals surface area contributed by atoms with Crippen molar-refractivity contribution < 1.29 is 22.7 Å². The molecule has 0 spiro atoms. The van der Waals surface area contributed by atoms with Crippen LogP contribution in [0.1, 0.15) is 31.3 Å². The molecule has 0 radical (unpaired) electrons. The molecule has 2 aromatic carbocycles. The summed E-state index contributed by atoms with van der Waals surface area (Å²) in [7, 11) is -3.85. The summed E-state index contributed by atoms with van der Waals surface area (Å²) in [6.45, 7) is 5.23. The monoisotopic (exact) mass is 467 g/mol. The molecule has 9 heteroatoms. The van der Waals surface area contributed by atoms with Crippen LogP contribution < -0.4 is 4.72 Å². The van der Waals surface area contributed by atoms with Gasteiger partial charge in [-0.25, -0.2) is 27.3 Å². The zero-order valence-electron chi connectivity index (χ0n) is 18.2. The van der Waals surface area contributed by atoms with E-state index in [1.165, 1.54) is 34.9 Å². The molecule has 0 aliphatic heterocycles.